The van der Waals surface area contributed by atoms with E-state index in [4.69, 9.17) is 9.47 Å². The first kappa shape index (κ1) is 9.01. The van der Waals surface area contributed by atoms with Gasteiger partial charge in [-0.05, 0) is 18.3 Å². The second-order valence-electron chi connectivity index (χ2n) is 3.55. The summed E-state index contributed by atoms with van der Waals surface area (Å²) in [4.78, 5) is 0. The summed E-state index contributed by atoms with van der Waals surface area (Å²) in [7, 11) is 1.77. The van der Waals surface area contributed by atoms with Crippen LogP contribution in [0.1, 0.15) is 20.3 Å². The molecule has 1 fully saturated rings. The zero-order chi connectivity index (χ0) is 8.27. The Morgan fingerprint density at radius 3 is 2.64 bits per heavy atom. The van der Waals surface area contributed by atoms with E-state index in [9.17, 15) is 0 Å². The van der Waals surface area contributed by atoms with Crippen LogP contribution in [0.2, 0.25) is 0 Å². The first-order valence-corrected chi connectivity index (χ1v) is 4.36. The summed E-state index contributed by atoms with van der Waals surface area (Å²) >= 11 is 0. The third-order valence-electron chi connectivity index (χ3n) is 2.51. The van der Waals surface area contributed by atoms with E-state index in [1.807, 2.05) is 0 Å². The van der Waals surface area contributed by atoms with Gasteiger partial charge in [0.2, 0.25) is 0 Å². The maximum atomic E-state index is 5.34. The van der Waals surface area contributed by atoms with E-state index in [2.05, 4.69) is 13.8 Å². The van der Waals surface area contributed by atoms with Gasteiger partial charge in [-0.3, -0.25) is 0 Å². The maximum absolute atomic E-state index is 5.34. The Bertz CT molecular complexity index is 112. The molecule has 0 aromatic rings. The first-order chi connectivity index (χ1) is 5.25. The van der Waals surface area contributed by atoms with Crippen LogP contribution in [0.15, 0.2) is 0 Å². The van der Waals surface area contributed by atoms with Gasteiger partial charge in [-0.15, -0.1) is 0 Å². The van der Waals surface area contributed by atoms with Crippen LogP contribution < -0.4 is 0 Å². The molecule has 2 heteroatoms. The SMILES string of the molecule is COC1COCCC1C(C)C. The van der Waals surface area contributed by atoms with Crippen molar-refractivity contribution in [3.63, 3.8) is 0 Å². The Kier molecular flexibility index (Phi) is 3.34. The zero-order valence-electron chi connectivity index (χ0n) is 7.67. The van der Waals surface area contributed by atoms with E-state index in [0.717, 1.165) is 19.6 Å². The summed E-state index contributed by atoms with van der Waals surface area (Å²) < 4.78 is 10.7. The maximum Gasteiger partial charge on any atom is 0.0836 e. The third-order valence-corrected chi connectivity index (χ3v) is 2.51. The van der Waals surface area contributed by atoms with E-state index in [1.165, 1.54) is 0 Å². The van der Waals surface area contributed by atoms with Crippen molar-refractivity contribution in [2.75, 3.05) is 20.3 Å². The molecule has 0 radical (unpaired) electrons. The molecule has 1 aliphatic heterocycles. The molecule has 1 heterocycles. The molecule has 2 nitrogen and oxygen atoms in total. The Morgan fingerprint density at radius 1 is 1.45 bits per heavy atom. The van der Waals surface area contributed by atoms with Crippen LogP contribution in [0.5, 0.6) is 0 Å². The molecule has 1 saturated heterocycles. The summed E-state index contributed by atoms with van der Waals surface area (Å²) in [6.07, 6.45) is 1.47. The van der Waals surface area contributed by atoms with E-state index in [-0.39, 0.29) is 0 Å². The van der Waals surface area contributed by atoms with Gasteiger partial charge in [-0.1, -0.05) is 13.8 Å². The van der Waals surface area contributed by atoms with Crippen molar-refractivity contribution in [3.05, 3.63) is 0 Å². The Labute approximate surface area is 68.9 Å². The Hall–Kier alpha value is -0.0800. The van der Waals surface area contributed by atoms with Gasteiger partial charge in [0.05, 0.1) is 12.7 Å². The second kappa shape index (κ2) is 4.07. The van der Waals surface area contributed by atoms with Gasteiger partial charge in [-0.2, -0.15) is 0 Å². The van der Waals surface area contributed by atoms with Gasteiger partial charge in [0.15, 0.2) is 0 Å². The molecule has 0 spiro atoms. The van der Waals surface area contributed by atoms with Crippen LogP contribution in [0.3, 0.4) is 0 Å². The summed E-state index contributed by atoms with van der Waals surface area (Å²) in [6, 6.07) is 0. The van der Waals surface area contributed by atoms with Crippen molar-refractivity contribution < 1.29 is 9.47 Å². The number of ether oxygens (including phenoxy) is 2. The second-order valence-corrected chi connectivity index (χ2v) is 3.55. The summed E-state index contributed by atoms with van der Waals surface area (Å²) in [5.74, 6) is 1.40. The van der Waals surface area contributed by atoms with Crippen LogP contribution in [0.25, 0.3) is 0 Å². The van der Waals surface area contributed by atoms with Gasteiger partial charge >= 0.3 is 0 Å². The first-order valence-electron chi connectivity index (χ1n) is 4.36. The fraction of sp³-hybridized carbons (Fsp3) is 1.00. The highest BCUT2D eigenvalue weighted by Crippen LogP contribution is 2.25. The van der Waals surface area contributed by atoms with Gasteiger partial charge in [0, 0.05) is 13.7 Å². The predicted molar refractivity (Wildman–Crippen MR) is 44.6 cm³/mol. The minimum Gasteiger partial charge on any atom is -0.379 e. The molecular formula is C9H18O2. The van der Waals surface area contributed by atoms with Crippen molar-refractivity contribution in [3.8, 4) is 0 Å². The standard InChI is InChI=1S/C9H18O2/c1-7(2)8-4-5-11-6-9(8)10-3/h7-9H,4-6H2,1-3H3. The van der Waals surface area contributed by atoms with Crippen LogP contribution in [0, 0.1) is 11.8 Å². The lowest BCUT2D eigenvalue weighted by molar-refractivity contribution is -0.0775. The summed E-state index contributed by atoms with van der Waals surface area (Å²) in [5.41, 5.74) is 0. The summed E-state index contributed by atoms with van der Waals surface area (Å²) in [6.45, 7) is 6.19. The zero-order valence-corrected chi connectivity index (χ0v) is 7.67. The van der Waals surface area contributed by atoms with Gasteiger partial charge in [-0.25, -0.2) is 0 Å². The van der Waals surface area contributed by atoms with Gasteiger partial charge < -0.3 is 9.47 Å². The molecule has 0 amide bonds. The Morgan fingerprint density at radius 2 is 2.18 bits per heavy atom. The molecule has 0 N–H and O–H groups in total. The molecule has 0 bridgehead atoms. The lowest BCUT2D eigenvalue weighted by Gasteiger charge is -2.32. The number of hydrogen-bond acceptors (Lipinski definition) is 2. The van der Waals surface area contributed by atoms with E-state index in [0.29, 0.717) is 17.9 Å². The molecule has 0 aliphatic carbocycles. The minimum absolute atomic E-state index is 0.323. The molecule has 1 rings (SSSR count). The van der Waals surface area contributed by atoms with Crippen molar-refractivity contribution in [1.29, 1.82) is 0 Å². The fourth-order valence-corrected chi connectivity index (χ4v) is 1.73. The monoisotopic (exact) mass is 158 g/mol. The van der Waals surface area contributed by atoms with Gasteiger partial charge in [0.1, 0.15) is 0 Å². The topological polar surface area (TPSA) is 18.5 Å². The molecule has 66 valence electrons. The van der Waals surface area contributed by atoms with E-state index in [1.54, 1.807) is 7.11 Å². The molecule has 2 unspecified atom stereocenters. The van der Waals surface area contributed by atoms with Crippen molar-refractivity contribution in [2.45, 2.75) is 26.4 Å². The van der Waals surface area contributed by atoms with Crippen LogP contribution in [-0.4, -0.2) is 26.4 Å². The van der Waals surface area contributed by atoms with Crippen molar-refractivity contribution in [2.24, 2.45) is 11.8 Å². The lowest BCUT2D eigenvalue weighted by atomic mass is 9.86. The third kappa shape index (κ3) is 2.17. The highest BCUT2D eigenvalue weighted by atomic mass is 16.5. The normalized spacial score (nSPS) is 32.7. The highest BCUT2D eigenvalue weighted by Gasteiger charge is 2.27. The molecule has 0 aromatic carbocycles. The number of rotatable bonds is 2. The predicted octanol–water partition coefficient (Wildman–Crippen LogP) is 1.69. The molecule has 1 aliphatic rings. The fourth-order valence-electron chi connectivity index (χ4n) is 1.73. The van der Waals surface area contributed by atoms with Crippen LogP contribution >= 0.6 is 0 Å². The van der Waals surface area contributed by atoms with Crippen LogP contribution in [-0.2, 0) is 9.47 Å². The average Bonchev–Trinajstić information content (AvgIpc) is 2.04. The molecule has 0 saturated carbocycles. The minimum atomic E-state index is 0.323. The van der Waals surface area contributed by atoms with E-state index < -0.39 is 0 Å². The van der Waals surface area contributed by atoms with Crippen molar-refractivity contribution >= 4 is 0 Å². The van der Waals surface area contributed by atoms with E-state index >= 15 is 0 Å². The Balaban J connectivity index is 2.44. The smallest absolute Gasteiger partial charge is 0.0836 e. The molecular weight excluding hydrogens is 140 g/mol. The van der Waals surface area contributed by atoms with Crippen LogP contribution in [0.4, 0.5) is 0 Å². The molecule has 11 heavy (non-hydrogen) atoms. The highest BCUT2D eigenvalue weighted by molar-refractivity contribution is 4.76. The quantitative estimate of drug-likeness (QED) is 0.609. The number of methoxy groups -OCH3 is 1. The largest absolute Gasteiger partial charge is 0.379 e. The molecule has 2 atom stereocenters. The molecule has 0 aromatic heterocycles. The van der Waals surface area contributed by atoms with Gasteiger partial charge in [0.25, 0.3) is 0 Å². The number of hydrogen-bond donors (Lipinski definition) is 0. The lowest BCUT2D eigenvalue weighted by Crippen LogP contribution is -2.36. The average molecular weight is 158 g/mol. The van der Waals surface area contributed by atoms with Crippen molar-refractivity contribution in [1.82, 2.24) is 0 Å². The summed E-state index contributed by atoms with van der Waals surface area (Å²) in [5, 5.41) is 0.